The second kappa shape index (κ2) is 6.64. The molecule has 0 amide bonds. The average Bonchev–Trinajstić information content (AvgIpc) is 2.74. The van der Waals surface area contributed by atoms with Crippen molar-refractivity contribution in [3.05, 3.63) is 46.2 Å². The van der Waals surface area contributed by atoms with Gasteiger partial charge >= 0.3 is 5.97 Å². The van der Waals surface area contributed by atoms with Crippen molar-refractivity contribution in [3.63, 3.8) is 0 Å². The third kappa shape index (κ3) is 3.68. The highest BCUT2D eigenvalue weighted by atomic mass is 35.5. The Morgan fingerprint density at radius 2 is 2.04 bits per heavy atom. The zero-order valence-corrected chi connectivity index (χ0v) is 14.5. The van der Waals surface area contributed by atoms with Gasteiger partial charge in [0.2, 0.25) is 0 Å². The highest BCUT2D eigenvalue weighted by molar-refractivity contribution is 7.92. The van der Waals surface area contributed by atoms with Crippen LogP contribution in [-0.2, 0) is 14.8 Å². The van der Waals surface area contributed by atoms with E-state index in [2.05, 4.69) is 9.71 Å². The van der Waals surface area contributed by atoms with E-state index in [4.69, 9.17) is 16.3 Å². The molecule has 0 atom stereocenters. The lowest BCUT2D eigenvalue weighted by Crippen LogP contribution is -2.15. The molecular formula is C15H17ClN2O4S. The molecule has 0 aliphatic rings. The van der Waals surface area contributed by atoms with Gasteiger partial charge in [0.25, 0.3) is 10.0 Å². The van der Waals surface area contributed by atoms with Gasteiger partial charge in [-0.15, -0.1) is 0 Å². The van der Waals surface area contributed by atoms with Crippen LogP contribution >= 0.6 is 11.6 Å². The molecule has 0 unspecified atom stereocenters. The van der Waals surface area contributed by atoms with E-state index >= 15 is 0 Å². The van der Waals surface area contributed by atoms with Crippen molar-refractivity contribution in [2.24, 2.45) is 0 Å². The van der Waals surface area contributed by atoms with Crippen molar-refractivity contribution in [2.75, 3.05) is 11.3 Å². The van der Waals surface area contributed by atoms with Crippen LogP contribution in [0, 0.1) is 13.8 Å². The Bertz CT molecular complexity index is 843. The maximum atomic E-state index is 12.6. The summed E-state index contributed by atoms with van der Waals surface area (Å²) in [6, 6.07) is 6.38. The number of rotatable bonds is 5. The number of carbonyl (C=O) groups excluding carboxylic acids is 1. The number of benzene rings is 1. The van der Waals surface area contributed by atoms with Crippen LogP contribution in [-0.4, -0.2) is 26.0 Å². The molecular weight excluding hydrogens is 340 g/mol. The number of nitrogens with one attached hydrogen (secondary N) is 2. The summed E-state index contributed by atoms with van der Waals surface area (Å²) in [4.78, 5) is 14.7. The zero-order valence-electron chi connectivity index (χ0n) is 12.9. The molecule has 124 valence electrons. The molecule has 2 rings (SSSR count). The van der Waals surface area contributed by atoms with E-state index < -0.39 is 16.0 Å². The minimum Gasteiger partial charge on any atom is -0.461 e. The fourth-order valence-corrected chi connectivity index (χ4v) is 3.99. The summed E-state index contributed by atoms with van der Waals surface area (Å²) >= 11 is 5.86. The fourth-order valence-electron chi connectivity index (χ4n) is 2.30. The topological polar surface area (TPSA) is 88.3 Å². The first kappa shape index (κ1) is 17.4. The quantitative estimate of drug-likeness (QED) is 0.805. The fraction of sp³-hybridized carbons (Fsp3) is 0.267. The SMILES string of the molecule is CCOC(=O)c1[nH]c(C)c(S(=O)(=O)Nc2cccc(Cl)c2)c1C. The number of carbonyl (C=O) groups is 1. The first-order chi connectivity index (χ1) is 10.8. The molecule has 23 heavy (non-hydrogen) atoms. The largest absolute Gasteiger partial charge is 0.461 e. The Labute approximate surface area is 139 Å². The lowest BCUT2D eigenvalue weighted by atomic mass is 10.2. The van der Waals surface area contributed by atoms with Gasteiger partial charge in [-0.25, -0.2) is 13.2 Å². The molecule has 8 heteroatoms. The van der Waals surface area contributed by atoms with Crippen LogP contribution in [0.15, 0.2) is 29.2 Å². The van der Waals surface area contributed by atoms with Gasteiger partial charge in [0.05, 0.1) is 12.3 Å². The molecule has 1 aromatic heterocycles. The lowest BCUT2D eigenvalue weighted by Gasteiger charge is -2.09. The van der Waals surface area contributed by atoms with Crippen molar-refractivity contribution < 1.29 is 17.9 Å². The molecule has 0 radical (unpaired) electrons. The molecule has 1 heterocycles. The van der Waals surface area contributed by atoms with Gasteiger partial charge in [-0.05, 0) is 39.0 Å². The molecule has 1 aromatic carbocycles. The maximum Gasteiger partial charge on any atom is 0.355 e. The molecule has 0 saturated heterocycles. The number of H-pyrrole nitrogens is 1. The third-order valence-corrected chi connectivity index (χ3v) is 5.08. The van der Waals surface area contributed by atoms with Crippen LogP contribution in [0.5, 0.6) is 0 Å². The number of ether oxygens (including phenoxy) is 1. The second-order valence-electron chi connectivity index (χ2n) is 4.92. The standard InChI is InChI=1S/C15H17ClN2O4S/c1-4-22-15(19)13-9(2)14(10(3)17-13)23(20,21)18-12-7-5-6-11(16)8-12/h5-8,17-18H,4H2,1-3H3. The summed E-state index contributed by atoms with van der Waals surface area (Å²) in [6.45, 7) is 5.03. The minimum absolute atomic E-state index is 0.0283. The van der Waals surface area contributed by atoms with Crippen molar-refractivity contribution in [3.8, 4) is 0 Å². The van der Waals surface area contributed by atoms with Gasteiger partial charge in [-0.3, -0.25) is 4.72 Å². The van der Waals surface area contributed by atoms with Crippen LogP contribution in [0.25, 0.3) is 0 Å². The van der Waals surface area contributed by atoms with Gasteiger partial charge < -0.3 is 9.72 Å². The molecule has 0 aliphatic carbocycles. The first-order valence-corrected chi connectivity index (χ1v) is 8.77. The van der Waals surface area contributed by atoms with Crippen molar-refractivity contribution in [2.45, 2.75) is 25.7 Å². The summed E-state index contributed by atoms with van der Waals surface area (Å²) in [5, 5.41) is 0.417. The Morgan fingerprint density at radius 1 is 1.35 bits per heavy atom. The van der Waals surface area contributed by atoms with E-state index in [0.29, 0.717) is 22.0 Å². The number of aromatic nitrogens is 1. The van der Waals surface area contributed by atoms with E-state index in [1.807, 2.05) is 0 Å². The van der Waals surface area contributed by atoms with Crippen molar-refractivity contribution in [1.29, 1.82) is 0 Å². The van der Waals surface area contributed by atoms with Crippen LogP contribution < -0.4 is 4.72 Å². The monoisotopic (exact) mass is 356 g/mol. The number of hydrogen-bond acceptors (Lipinski definition) is 4. The van der Waals surface area contributed by atoms with E-state index in [0.717, 1.165) is 0 Å². The second-order valence-corrected chi connectivity index (χ2v) is 6.97. The number of aromatic amines is 1. The minimum atomic E-state index is -3.87. The first-order valence-electron chi connectivity index (χ1n) is 6.91. The Hall–Kier alpha value is -1.99. The van der Waals surface area contributed by atoms with Gasteiger partial charge in [-0.1, -0.05) is 17.7 Å². The summed E-state index contributed by atoms with van der Waals surface area (Å²) in [6.07, 6.45) is 0. The number of anilines is 1. The Morgan fingerprint density at radius 3 is 2.65 bits per heavy atom. The number of hydrogen-bond donors (Lipinski definition) is 2. The predicted octanol–water partition coefficient (Wildman–Crippen LogP) is 3.26. The van der Waals surface area contributed by atoms with E-state index in [1.54, 1.807) is 39.0 Å². The maximum absolute atomic E-state index is 12.6. The average molecular weight is 357 g/mol. The molecule has 6 nitrogen and oxygen atoms in total. The summed E-state index contributed by atoms with van der Waals surface area (Å²) in [5.41, 5.74) is 1.15. The van der Waals surface area contributed by atoms with E-state index in [1.165, 1.54) is 6.07 Å². The van der Waals surface area contributed by atoms with Crippen molar-refractivity contribution >= 4 is 33.3 Å². The van der Waals surface area contributed by atoms with E-state index in [9.17, 15) is 13.2 Å². The number of halogens is 1. The molecule has 0 saturated carbocycles. The zero-order chi connectivity index (χ0) is 17.2. The lowest BCUT2D eigenvalue weighted by molar-refractivity contribution is 0.0519. The van der Waals surface area contributed by atoms with Gasteiger partial charge in [0.15, 0.2) is 0 Å². The summed E-state index contributed by atoms with van der Waals surface area (Å²) in [5.74, 6) is -0.586. The Balaban J connectivity index is 2.42. The molecule has 0 fully saturated rings. The number of sulfonamides is 1. The summed E-state index contributed by atoms with van der Waals surface area (Å²) in [7, 11) is -3.87. The van der Waals surface area contributed by atoms with Crippen LogP contribution in [0.4, 0.5) is 5.69 Å². The number of esters is 1. The molecule has 0 aliphatic heterocycles. The van der Waals surface area contributed by atoms with E-state index in [-0.39, 0.29) is 17.2 Å². The summed E-state index contributed by atoms with van der Waals surface area (Å²) < 4.78 is 32.6. The normalized spacial score (nSPS) is 11.3. The smallest absolute Gasteiger partial charge is 0.355 e. The molecule has 0 spiro atoms. The van der Waals surface area contributed by atoms with Crippen LogP contribution in [0.2, 0.25) is 5.02 Å². The van der Waals surface area contributed by atoms with Gasteiger partial charge in [0, 0.05) is 16.3 Å². The van der Waals surface area contributed by atoms with Gasteiger partial charge in [-0.2, -0.15) is 0 Å². The van der Waals surface area contributed by atoms with Crippen molar-refractivity contribution in [1.82, 2.24) is 4.98 Å². The highest BCUT2D eigenvalue weighted by Crippen LogP contribution is 2.26. The highest BCUT2D eigenvalue weighted by Gasteiger charge is 2.27. The molecule has 2 N–H and O–H groups in total. The molecule has 2 aromatic rings. The number of aryl methyl sites for hydroxylation is 1. The van der Waals surface area contributed by atoms with Gasteiger partial charge in [0.1, 0.15) is 10.6 Å². The Kier molecular flexibility index (Phi) is 5.01. The van der Waals surface area contributed by atoms with Crippen LogP contribution in [0.1, 0.15) is 28.7 Å². The molecule has 0 bridgehead atoms. The third-order valence-electron chi connectivity index (χ3n) is 3.19. The van der Waals surface area contributed by atoms with Crippen LogP contribution in [0.3, 0.4) is 0 Å². The predicted molar refractivity (Wildman–Crippen MR) is 88.5 cm³/mol.